The topological polar surface area (TPSA) is 0 Å². The van der Waals surface area contributed by atoms with Crippen molar-refractivity contribution >= 4 is 0 Å². The minimum absolute atomic E-state index is 0.941. The first-order valence-electron chi connectivity index (χ1n) is 8.61. The second kappa shape index (κ2) is 5.75. The van der Waals surface area contributed by atoms with Crippen molar-refractivity contribution in [2.45, 2.75) is 6.42 Å². The van der Waals surface area contributed by atoms with E-state index in [0.29, 0.717) is 0 Å². The van der Waals surface area contributed by atoms with E-state index in [9.17, 15) is 0 Å². The smallest absolute Gasteiger partial charge is 0.000407 e. The standard InChI is InChI=1S/C25H16/c1-3-9-18(10-4-1)23-16-15-21-17-20-13-7-8-14-22(20)25(21)24(23)19-11-5-2-6-12-19/h1-14H,17H2. The molecule has 0 aliphatic heterocycles. The molecule has 25 heavy (non-hydrogen) atoms. The maximum Gasteiger partial charge on any atom is -0.000407 e. The maximum atomic E-state index is 3.46. The Bertz CT molecular complexity index is 1040. The molecule has 0 spiro atoms. The normalized spacial score (nSPS) is 11.8. The van der Waals surface area contributed by atoms with Crippen LogP contribution in [0.4, 0.5) is 0 Å². The van der Waals surface area contributed by atoms with E-state index >= 15 is 0 Å². The molecule has 116 valence electrons. The summed E-state index contributed by atoms with van der Waals surface area (Å²) in [6.07, 6.45) is 0.941. The van der Waals surface area contributed by atoms with E-state index < -0.39 is 0 Å². The Morgan fingerprint density at radius 1 is 0.560 bits per heavy atom. The summed E-state index contributed by atoms with van der Waals surface area (Å²) in [5.41, 5.74) is 10.1. The van der Waals surface area contributed by atoms with Gasteiger partial charge in [-0.25, -0.2) is 0 Å². The summed E-state index contributed by atoms with van der Waals surface area (Å²) >= 11 is 0. The fraction of sp³-hybridized carbons (Fsp3) is 0.0400. The van der Waals surface area contributed by atoms with E-state index in [2.05, 4.69) is 97.1 Å². The van der Waals surface area contributed by atoms with Gasteiger partial charge in [-0.3, -0.25) is 0 Å². The molecule has 0 aromatic heterocycles. The Kier molecular flexibility index (Phi) is 3.28. The summed E-state index contributed by atoms with van der Waals surface area (Å²) in [6, 6.07) is 36.8. The van der Waals surface area contributed by atoms with E-state index in [0.717, 1.165) is 12.0 Å². The van der Waals surface area contributed by atoms with Gasteiger partial charge in [0.05, 0.1) is 0 Å². The summed E-state index contributed by atoms with van der Waals surface area (Å²) in [6.45, 7) is 0. The van der Waals surface area contributed by atoms with E-state index in [-0.39, 0.29) is 0 Å². The third-order valence-electron chi connectivity index (χ3n) is 4.92. The minimum Gasteiger partial charge on any atom is -0.0622 e. The largest absolute Gasteiger partial charge is 0.0622 e. The molecule has 2 radical (unpaired) electrons. The summed E-state index contributed by atoms with van der Waals surface area (Å²) in [5.74, 6) is 0. The van der Waals surface area contributed by atoms with Gasteiger partial charge in [0.2, 0.25) is 0 Å². The molecule has 4 aromatic rings. The fourth-order valence-electron chi connectivity index (χ4n) is 3.79. The van der Waals surface area contributed by atoms with E-state index in [1.807, 2.05) is 0 Å². The second-order valence-corrected chi connectivity index (χ2v) is 6.42. The van der Waals surface area contributed by atoms with Crippen molar-refractivity contribution in [3.63, 3.8) is 0 Å². The molecular formula is C25H16. The molecule has 0 heterocycles. The molecule has 5 rings (SSSR count). The van der Waals surface area contributed by atoms with Crippen molar-refractivity contribution in [2.75, 3.05) is 0 Å². The monoisotopic (exact) mass is 316 g/mol. The van der Waals surface area contributed by atoms with Crippen molar-refractivity contribution in [1.29, 1.82) is 0 Å². The van der Waals surface area contributed by atoms with Gasteiger partial charge in [-0.15, -0.1) is 0 Å². The highest BCUT2D eigenvalue weighted by Gasteiger charge is 2.24. The molecule has 0 atom stereocenters. The number of fused-ring (bicyclic) bond motifs is 3. The summed E-state index contributed by atoms with van der Waals surface area (Å²) < 4.78 is 0. The molecule has 1 aliphatic rings. The predicted octanol–water partition coefficient (Wildman–Crippen LogP) is 6.19. The molecule has 0 N–H and O–H groups in total. The molecule has 0 saturated heterocycles. The molecule has 0 fully saturated rings. The Morgan fingerprint density at radius 2 is 1.20 bits per heavy atom. The van der Waals surface area contributed by atoms with Gasteiger partial charge >= 0.3 is 0 Å². The molecule has 0 saturated carbocycles. The Labute approximate surface area is 148 Å². The van der Waals surface area contributed by atoms with Gasteiger partial charge in [-0.05, 0) is 63.1 Å². The van der Waals surface area contributed by atoms with E-state index in [4.69, 9.17) is 0 Å². The average molecular weight is 316 g/mol. The predicted molar refractivity (Wildman–Crippen MR) is 103 cm³/mol. The fourth-order valence-corrected chi connectivity index (χ4v) is 3.79. The zero-order valence-corrected chi connectivity index (χ0v) is 13.8. The summed E-state index contributed by atoms with van der Waals surface area (Å²) in [4.78, 5) is 0. The molecule has 1 aliphatic carbocycles. The highest BCUT2D eigenvalue weighted by molar-refractivity contribution is 5.98. The lowest BCUT2D eigenvalue weighted by atomic mass is 9.87. The van der Waals surface area contributed by atoms with Crippen LogP contribution < -0.4 is 0 Å². The Hall–Kier alpha value is -3.12. The van der Waals surface area contributed by atoms with Crippen LogP contribution in [-0.2, 0) is 6.42 Å². The van der Waals surface area contributed by atoms with Gasteiger partial charge in [0.1, 0.15) is 0 Å². The van der Waals surface area contributed by atoms with Crippen molar-refractivity contribution in [1.82, 2.24) is 0 Å². The average Bonchev–Trinajstić information content (AvgIpc) is 3.07. The van der Waals surface area contributed by atoms with Crippen LogP contribution in [0.25, 0.3) is 33.4 Å². The van der Waals surface area contributed by atoms with Crippen molar-refractivity contribution in [3.8, 4) is 33.4 Å². The first-order chi connectivity index (χ1) is 12.4. The molecule has 4 aromatic carbocycles. The Balaban J connectivity index is 1.87. The maximum absolute atomic E-state index is 3.46. The molecule has 0 bridgehead atoms. The highest BCUT2D eigenvalue weighted by Crippen LogP contribution is 2.46. The van der Waals surface area contributed by atoms with Crippen LogP contribution in [-0.4, -0.2) is 0 Å². The van der Waals surface area contributed by atoms with Gasteiger partial charge in [0.25, 0.3) is 0 Å². The minimum atomic E-state index is 0.941. The molecule has 0 unspecified atom stereocenters. The SMILES string of the molecule is [c]1[c]c(-c2ccccc2)c(-c2ccccc2)c2c1Cc1ccccc1-2. The van der Waals surface area contributed by atoms with Crippen LogP contribution in [0.3, 0.4) is 0 Å². The highest BCUT2D eigenvalue weighted by atomic mass is 14.3. The van der Waals surface area contributed by atoms with Crippen LogP contribution >= 0.6 is 0 Å². The number of benzene rings is 4. The van der Waals surface area contributed by atoms with E-state index in [1.165, 1.54) is 38.9 Å². The summed E-state index contributed by atoms with van der Waals surface area (Å²) in [7, 11) is 0. The molecule has 0 nitrogen and oxygen atoms in total. The lowest BCUT2D eigenvalue weighted by Gasteiger charge is -2.16. The third-order valence-corrected chi connectivity index (χ3v) is 4.92. The number of rotatable bonds is 2. The number of hydrogen-bond donors (Lipinski definition) is 0. The van der Waals surface area contributed by atoms with Gasteiger partial charge < -0.3 is 0 Å². The summed E-state index contributed by atoms with van der Waals surface area (Å²) in [5, 5.41) is 0. The first kappa shape index (κ1) is 14.2. The lowest BCUT2D eigenvalue weighted by Crippen LogP contribution is -1.92. The zero-order valence-electron chi connectivity index (χ0n) is 13.8. The van der Waals surface area contributed by atoms with Crippen molar-refractivity contribution < 1.29 is 0 Å². The third kappa shape index (κ3) is 2.30. The first-order valence-corrected chi connectivity index (χ1v) is 8.61. The van der Waals surface area contributed by atoms with Gasteiger partial charge in [-0.2, -0.15) is 0 Å². The quantitative estimate of drug-likeness (QED) is 0.364. The van der Waals surface area contributed by atoms with Crippen LogP contribution in [0.1, 0.15) is 11.1 Å². The number of hydrogen-bond acceptors (Lipinski definition) is 0. The molecular weight excluding hydrogens is 300 g/mol. The van der Waals surface area contributed by atoms with Gasteiger partial charge in [-0.1, -0.05) is 84.9 Å². The van der Waals surface area contributed by atoms with Crippen LogP contribution in [0.15, 0.2) is 84.9 Å². The Morgan fingerprint density at radius 3 is 1.96 bits per heavy atom. The van der Waals surface area contributed by atoms with Crippen LogP contribution in [0, 0.1) is 12.1 Å². The van der Waals surface area contributed by atoms with Crippen molar-refractivity contribution in [2.24, 2.45) is 0 Å². The van der Waals surface area contributed by atoms with Crippen LogP contribution in [0.5, 0.6) is 0 Å². The van der Waals surface area contributed by atoms with Crippen LogP contribution in [0.2, 0.25) is 0 Å². The van der Waals surface area contributed by atoms with Gasteiger partial charge in [0.15, 0.2) is 0 Å². The zero-order chi connectivity index (χ0) is 16.6. The second-order valence-electron chi connectivity index (χ2n) is 6.42. The van der Waals surface area contributed by atoms with Crippen molar-refractivity contribution in [3.05, 3.63) is 108 Å². The molecule has 0 amide bonds. The molecule has 0 heteroatoms. The van der Waals surface area contributed by atoms with E-state index in [1.54, 1.807) is 0 Å². The lowest BCUT2D eigenvalue weighted by molar-refractivity contribution is 1.26. The van der Waals surface area contributed by atoms with Gasteiger partial charge in [0, 0.05) is 0 Å².